The zero-order valence-corrected chi connectivity index (χ0v) is 8.99. The van der Waals surface area contributed by atoms with Crippen LogP contribution in [0.2, 0.25) is 0 Å². The van der Waals surface area contributed by atoms with Crippen molar-refractivity contribution in [1.82, 2.24) is 4.98 Å². The van der Waals surface area contributed by atoms with Crippen LogP contribution < -0.4 is 10.5 Å². The van der Waals surface area contributed by atoms with Gasteiger partial charge in [0.25, 0.3) is 0 Å². The van der Waals surface area contributed by atoms with E-state index >= 15 is 0 Å². The average molecular weight is 253 g/mol. The molecular weight excluding hydrogens is 244 g/mol. The van der Waals surface area contributed by atoms with E-state index in [4.69, 9.17) is 10.5 Å². The van der Waals surface area contributed by atoms with Gasteiger partial charge in [-0.25, -0.2) is 0 Å². The van der Waals surface area contributed by atoms with Crippen molar-refractivity contribution in [2.24, 2.45) is 0 Å². The van der Waals surface area contributed by atoms with Gasteiger partial charge in [-0.15, -0.1) is 0 Å². The summed E-state index contributed by atoms with van der Waals surface area (Å²) in [6.45, 7) is 0. The standard InChI is InChI=1S/C10H9BrN2O/c11-6-14-10-7-3-1-2-4-9(7)13-5-8(10)12/h1-5H,6,12H2. The van der Waals surface area contributed by atoms with Crippen molar-refractivity contribution in [2.75, 3.05) is 11.2 Å². The van der Waals surface area contributed by atoms with Gasteiger partial charge in [0.05, 0.1) is 17.4 Å². The summed E-state index contributed by atoms with van der Waals surface area (Å²) < 4.78 is 5.40. The highest BCUT2D eigenvalue weighted by Crippen LogP contribution is 2.30. The first-order valence-electron chi connectivity index (χ1n) is 4.15. The molecule has 0 fully saturated rings. The third-order valence-electron chi connectivity index (χ3n) is 1.95. The highest BCUT2D eigenvalue weighted by Gasteiger charge is 2.06. The topological polar surface area (TPSA) is 48.1 Å². The van der Waals surface area contributed by atoms with Gasteiger partial charge in [0.2, 0.25) is 0 Å². The maximum absolute atomic E-state index is 5.76. The fourth-order valence-electron chi connectivity index (χ4n) is 1.35. The molecule has 0 aliphatic heterocycles. The Morgan fingerprint density at radius 2 is 2.14 bits per heavy atom. The van der Waals surface area contributed by atoms with Crippen LogP contribution in [0.1, 0.15) is 0 Å². The number of halogens is 1. The zero-order valence-electron chi connectivity index (χ0n) is 7.40. The molecule has 0 bridgehead atoms. The van der Waals surface area contributed by atoms with E-state index in [2.05, 4.69) is 20.9 Å². The second-order valence-corrected chi connectivity index (χ2v) is 3.27. The average Bonchev–Trinajstić information content (AvgIpc) is 2.23. The number of nitrogens with two attached hydrogens (primary N) is 1. The molecule has 1 aromatic heterocycles. The number of nitrogens with zero attached hydrogens (tertiary/aromatic N) is 1. The van der Waals surface area contributed by atoms with E-state index in [-0.39, 0.29) is 0 Å². The number of benzene rings is 1. The monoisotopic (exact) mass is 252 g/mol. The molecular formula is C10H9BrN2O. The summed E-state index contributed by atoms with van der Waals surface area (Å²) in [5.74, 6) is 0.687. The van der Waals surface area contributed by atoms with Crippen LogP contribution in [-0.2, 0) is 0 Å². The van der Waals surface area contributed by atoms with Crippen LogP contribution in [0.25, 0.3) is 10.9 Å². The number of para-hydroxylation sites is 1. The Labute approximate surface area is 90.0 Å². The van der Waals surface area contributed by atoms with Crippen LogP contribution in [-0.4, -0.2) is 10.5 Å². The first-order chi connectivity index (χ1) is 6.83. The SMILES string of the molecule is Nc1cnc2ccccc2c1OCBr. The molecule has 0 aliphatic carbocycles. The molecule has 0 aliphatic rings. The maximum Gasteiger partial charge on any atom is 0.154 e. The molecule has 0 atom stereocenters. The van der Waals surface area contributed by atoms with Crippen LogP contribution >= 0.6 is 15.9 Å². The summed E-state index contributed by atoms with van der Waals surface area (Å²) in [6.07, 6.45) is 1.61. The van der Waals surface area contributed by atoms with E-state index in [1.807, 2.05) is 24.3 Å². The van der Waals surface area contributed by atoms with Gasteiger partial charge < -0.3 is 10.5 Å². The zero-order chi connectivity index (χ0) is 9.97. The quantitative estimate of drug-likeness (QED) is 0.836. The van der Waals surface area contributed by atoms with Crippen molar-refractivity contribution >= 4 is 32.5 Å². The van der Waals surface area contributed by atoms with Gasteiger partial charge >= 0.3 is 0 Å². The molecule has 14 heavy (non-hydrogen) atoms. The number of anilines is 1. The lowest BCUT2D eigenvalue weighted by atomic mass is 10.2. The smallest absolute Gasteiger partial charge is 0.154 e. The number of rotatable bonds is 2. The van der Waals surface area contributed by atoms with E-state index in [0.717, 1.165) is 10.9 Å². The minimum Gasteiger partial charge on any atom is -0.479 e. The van der Waals surface area contributed by atoms with Crippen molar-refractivity contribution in [3.05, 3.63) is 30.5 Å². The van der Waals surface area contributed by atoms with Crippen LogP contribution in [0.3, 0.4) is 0 Å². The largest absolute Gasteiger partial charge is 0.479 e. The first kappa shape index (κ1) is 9.27. The first-order valence-corrected chi connectivity index (χ1v) is 5.27. The minimum absolute atomic E-state index is 0.422. The number of nitrogen functional groups attached to an aromatic ring is 1. The molecule has 0 amide bonds. The molecule has 1 aromatic carbocycles. The molecule has 0 saturated carbocycles. The van der Waals surface area contributed by atoms with E-state index in [1.165, 1.54) is 0 Å². The number of pyridine rings is 1. The molecule has 3 nitrogen and oxygen atoms in total. The summed E-state index contributed by atoms with van der Waals surface area (Å²) in [4.78, 5) is 4.20. The van der Waals surface area contributed by atoms with E-state index in [1.54, 1.807) is 6.20 Å². The van der Waals surface area contributed by atoms with Gasteiger partial charge in [-0.1, -0.05) is 12.1 Å². The number of alkyl halides is 1. The fraction of sp³-hybridized carbons (Fsp3) is 0.100. The lowest BCUT2D eigenvalue weighted by molar-refractivity contribution is 0.404. The summed E-state index contributed by atoms with van der Waals surface area (Å²) in [7, 11) is 0. The molecule has 0 unspecified atom stereocenters. The molecule has 0 saturated heterocycles. The third-order valence-corrected chi connectivity index (χ3v) is 2.18. The van der Waals surface area contributed by atoms with Gasteiger partial charge in [-0.3, -0.25) is 4.98 Å². The van der Waals surface area contributed by atoms with Crippen molar-refractivity contribution in [1.29, 1.82) is 0 Å². The summed E-state index contributed by atoms with van der Waals surface area (Å²) in [5.41, 5.74) is 7.63. The van der Waals surface area contributed by atoms with Crippen molar-refractivity contribution in [2.45, 2.75) is 0 Å². The van der Waals surface area contributed by atoms with Gasteiger partial charge in [0.15, 0.2) is 5.75 Å². The lowest BCUT2D eigenvalue weighted by Gasteiger charge is -2.08. The van der Waals surface area contributed by atoms with Crippen molar-refractivity contribution < 1.29 is 4.74 Å². The minimum atomic E-state index is 0.422. The molecule has 4 heteroatoms. The predicted molar refractivity (Wildman–Crippen MR) is 60.6 cm³/mol. The Kier molecular flexibility index (Phi) is 2.54. The Hall–Kier alpha value is -1.29. The summed E-state index contributed by atoms with van der Waals surface area (Å²) in [5, 5.41) is 0.937. The second-order valence-electron chi connectivity index (χ2n) is 2.81. The number of hydrogen-bond acceptors (Lipinski definition) is 3. The Balaban J connectivity index is 2.69. The van der Waals surface area contributed by atoms with Crippen LogP contribution in [0.4, 0.5) is 5.69 Å². The second kappa shape index (κ2) is 3.84. The number of aromatic nitrogens is 1. The van der Waals surface area contributed by atoms with Crippen LogP contribution in [0.5, 0.6) is 5.75 Å². The summed E-state index contributed by atoms with van der Waals surface area (Å²) >= 11 is 3.21. The number of fused-ring (bicyclic) bond motifs is 1. The summed E-state index contributed by atoms with van der Waals surface area (Å²) in [6, 6.07) is 7.74. The maximum atomic E-state index is 5.76. The van der Waals surface area contributed by atoms with E-state index < -0.39 is 0 Å². The van der Waals surface area contributed by atoms with Crippen LogP contribution in [0, 0.1) is 0 Å². The highest BCUT2D eigenvalue weighted by molar-refractivity contribution is 9.09. The predicted octanol–water partition coefficient (Wildman–Crippen LogP) is 2.55. The third kappa shape index (κ3) is 1.53. The van der Waals surface area contributed by atoms with E-state index in [9.17, 15) is 0 Å². The molecule has 2 rings (SSSR count). The van der Waals surface area contributed by atoms with Crippen molar-refractivity contribution in [3.63, 3.8) is 0 Å². The van der Waals surface area contributed by atoms with Gasteiger partial charge in [0.1, 0.15) is 5.52 Å². The molecule has 2 N–H and O–H groups in total. The molecule has 72 valence electrons. The van der Waals surface area contributed by atoms with Crippen LogP contribution in [0.15, 0.2) is 30.5 Å². The molecule has 2 aromatic rings. The molecule has 1 heterocycles. The Morgan fingerprint density at radius 1 is 1.36 bits per heavy atom. The van der Waals surface area contributed by atoms with Gasteiger partial charge in [-0.2, -0.15) is 0 Å². The normalized spacial score (nSPS) is 10.4. The highest BCUT2D eigenvalue weighted by atomic mass is 79.9. The Morgan fingerprint density at radius 3 is 2.93 bits per heavy atom. The van der Waals surface area contributed by atoms with Gasteiger partial charge in [-0.05, 0) is 28.1 Å². The fourth-order valence-corrected chi connectivity index (χ4v) is 1.58. The van der Waals surface area contributed by atoms with E-state index in [0.29, 0.717) is 17.0 Å². The molecule has 0 radical (unpaired) electrons. The number of hydrogen-bond donors (Lipinski definition) is 1. The number of ether oxygens (including phenoxy) is 1. The molecule has 0 spiro atoms. The lowest BCUT2D eigenvalue weighted by Crippen LogP contribution is -1.97. The van der Waals surface area contributed by atoms with Crippen molar-refractivity contribution in [3.8, 4) is 5.75 Å². The van der Waals surface area contributed by atoms with Gasteiger partial charge in [0, 0.05) is 5.39 Å². The Bertz CT molecular complexity index is 459.